The van der Waals surface area contributed by atoms with Gasteiger partial charge in [0.2, 0.25) is 5.78 Å². The SMILES string of the molecule is CCS(=O)(=O)c1ccccc1C(=O)O[C@@H](C)C(=O)c1[nH]c(C)c(C(=O)OC)c1C. The van der Waals surface area contributed by atoms with Gasteiger partial charge in [-0.15, -0.1) is 0 Å². The number of nitrogens with one attached hydrogen (secondary N) is 1. The fraction of sp³-hybridized carbons (Fsp3) is 0.350. The topological polar surface area (TPSA) is 120 Å². The molecule has 1 aromatic carbocycles. The molecule has 0 aliphatic rings. The van der Waals surface area contributed by atoms with Gasteiger partial charge in [0.1, 0.15) is 0 Å². The molecule has 0 spiro atoms. The third kappa shape index (κ3) is 4.40. The van der Waals surface area contributed by atoms with Crippen LogP contribution in [0.2, 0.25) is 0 Å². The summed E-state index contributed by atoms with van der Waals surface area (Å²) in [6, 6.07) is 5.68. The van der Waals surface area contributed by atoms with Crippen molar-refractivity contribution >= 4 is 27.6 Å². The van der Waals surface area contributed by atoms with Gasteiger partial charge in [-0.25, -0.2) is 18.0 Å². The molecule has 2 aromatic rings. The van der Waals surface area contributed by atoms with Crippen molar-refractivity contribution in [1.82, 2.24) is 4.98 Å². The molecule has 1 aromatic heterocycles. The zero-order valence-electron chi connectivity index (χ0n) is 16.9. The van der Waals surface area contributed by atoms with E-state index in [1.54, 1.807) is 13.8 Å². The van der Waals surface area contributed by atoms with E-state index in [0.29, 0.717) is 11.3 Å². The van der Waals surface area contributed by atoms with E-state index in [1.165, 1.54) is 45.2 Å². The van der Waals surface area contributed by atoms with Crippen molar-refractivity contribution in [2.75, 3.05) is 12.9 Å². The number of carbonyl (C=O) groups is 3. The van der Waals surface area contributed by atoms with Gasteiger partial charge >= 0.3 is 11.9 Å². The molecule has 0 aliphatic heterocycles. The number of aromatic amines is 1. The molecule has 1 heterocycles. The second-order valence-electron chi connectivity index (χ2n) is 6.43. The molecule has 29 heavy (non-hydrogen) atoms. The van der Waals surface area contributed by atoms with E-state index in [2.05, 4.69) is 4.98 Å². The molecule has 9 heteroatoms. The lowest BCUT2D eigenvalue weighted by molar-refractivity contribution is 0.0313. The minimum Gasteiger partial charge on any atom is -0.465 e. The van der Waals surface area contributed by atoms with Crippen molar-refractivity contribution in [2.45, 2.75) is 38.7 Å². The van der Waals surface area contributed by atoms with Crippen LogP contribution >= 0.6 is 0 Å². The number of sulfone groups is 1. The summed E-state index contributed by atoms with van der Waals surface area (Å²) in [6.07, 6.45) is -1.21. The highest BCUT2D eigenvalue weighted by Crippen LogP contribution is 2.22. The predicted molar refractivity (Wildman–Crippen MR) is 105 cm³/mol. The number of methoxy groups -OCH3 is 1. The number of Topliss-reactive ketones (excluding diaryl/α,β-unsaturated/α-hetero) is 1. The van der Waals surface area contributed by atoms with E-state index in [4.69, 9.17) is 9.47 Å². The van der Waals surface area contributed by atoms with Crippen LogP contribution in [0.5, 0.6) is 0 Å². The maximum absolute atomic E-state index is 12.8. The molecule has 0 unspecified atom stereocenters. The Morgan fingerprint density at radius 3 is 2.31 bits per heavy atom. The van der Waals surface area contributed by atoms with Gasteiger partial charge in [0.15, 0.2) is 15.9 Å². The van der Waals surface area contributed by atoms with E-state index in [9.17, 15) is 22.8 Å². The van der Waals surface area contributed by atoms with Gasteiger partial charge in [-0.3, -0.25) is 4.79 Å². The molecule has 1 atom stereocenters. The zero-order chi connectivity index (χ0) is 21.9. The first-order valence-corrected chi connectivity index (χ1v) is 10.5. The Balaban J connectivity index is 2.31. The second kappa shape index (κ2) is 8.60. The second-order valence-corrected chi connectivity index (χ2v) is 8.67. The fourth-order valence-corrected chi connectivity index (χ4v) is 4.03. The van der Waals surface area contributed by atoms with Gasteiger partial charge in [-0.1, -0.05) is 19.1 Å². The molecule has 0 saturated heterocycles. The van der Waals surface area contributed by atoms with Crippen LogP contribution in [0.15, 0.2) is 29.2 Å². The Morgan fingerprint density at radius 1 is 1.10 bits per heavy atom. The summed E-state index contributed by atoms with van der Waals surface area (Å²) in [5, 5.41) is 0. The summed E-state index contributed by atoms with van der Waals surface area (Å²) in [5.74, 6) is -2.24. The van der Waals surface area contributed by atoms with Crippen LogP contribution in [-0.4, -0.2) is 50.1 Å². The quantitative estimate of drug-likeness (QED) is 0.539. The number of H-pyrrole nitrogens is 1. The highest BCUT2D eigenvalue weighted by molar-refractivity contribution is 7.91. The molecule has 0 amide bonds. The molecule has 156 valence electrons. The molecular formula is C20H23NO7S. The summed E-state index contributed by atoms with van der Waals surface area (Å²) in [4.78, 5) is 39.9. The number of hydrogen-bond donors (Lipinski definition) is 1. The maximum Gasteiger partial charge on any atom is 0.340 e. The van der Waals surface area contributed by atoms with Crippen LogP contribution in [-0.2, 0) is 19.3 Å². The van der Waals surface area contributed by atoms with Crippen LogP contribution < -0.4 is 0 Å². The van der Waals surface area contributed by atoms with E-state index in [1.807, 2.05) is 0 Å². The van der Waals surface area contributed by atoms with Crippen LogP contribution in [0.4, 0.5) is 0 Å². The lowest BCUT2D eigenvalue weighted by Crippen LogP contribution is -2.26. The highest BCUT2D eigenvalue weighted by atomic mass is 32.2. The van der Waals surface area contributed by atoms with Gasteiger partial charge in [-0.05, 0) is 38.5 Å². The van der Waals surface area contributed by atoms with E-state index in [-0.39, 0.29) is 27.5 Å². The molecular weight excluding hydrogens is 398 g/mol. The largest absolute Gasteiger partial charge is 0.465 e. The highest BCUT2D eigenvalue weighted by Gasteiger charge is 2.29. The van der Waals surface area contributed by atoms with E-state index < -0.39 is 33.7 Å². The summed E-state index contributed by atoms with van der Waals surface area (Å²) >= 11 is 0. The smallest absolute Gasteiger partial charge is 0.340 e. The molecule has 0 radical (unpaired) electrons. The third-order valence-corrected chi connectivity index (χ3v) is 6.33. The molecule has 1 N–H and O–H groups in total. The number of benzene rings is 1. The number of carbonyl (C=O) groups excluding carboxylic acids is 3. The first-order chi connectivity index (χ1) is 13.5. The fourth-order valence-electron chi connectivity index (χ4n) is 2.95. The van der Waals surface area contributed by atoms with Crippen molar-refractivity contribution in [3.63, 3.8) is 0 Å². The van der Waals surface area contributed by atoms with Crippen molar-refractivity contribution < 1.29 is 32.3 Å². The normalized spacial score (nSPS) is 12.3. The average molecular weight is 421 g/mol. The number of ether oxygens (including phenoxy) is 2. The molecule has 8 nitrogen and oxygen atoms in total. The molecule has 0 aliphatic carbocycles. The lowest BCUT2D eigenvalue weighted by Gasteiger charge is -2.14. The molecule has 0 saturated carbocycles. The first kappa shape index (κ1) is 22.4. The van der Waals surface area contributed by atoms with Crippen molar-refractivity contribution in [3.05, 3.63) is 52.3 Å². The van der Waals surface area contributed by atoms with Gasteiger partial charge in [0, 0.05) is 5.69 Å². The number of aromatic nitrogens is 1. The van der Waals surface area contributed by atoms with Crippen LogP contribution in [0, 0.1) is 13.8 Å². The Hall–Kier alpha value is -2.94. The van der Waals surface area contributed by atoms with E-state index >= 15 is 0 Å². The van der Waals surface area contributed by atoms with Gasteiger partial charge in [0.05, 0.1) is 34.6 Å². The van der Waals surface area contributed by atoms with Crippen molar-refractivity contribution in [3.8, 4) is 0 Å². The number of rotatable bonds is 7. The zero-order valence-corrected chi connectivity index (χ0v) is 17.7. The van der Waals surface area contributed by atoms with Crippen LogP contribution in [0.1, 0.15) is 56.3 Å². The van der Waals surface area contributed by atoms with Gasteiger partial charge in [-0.2, -0.15) is 0 Å². The third-order valence-electron chi connectivity index (χ3n) is 4.55. The summed E-state index contributed by atoms with van der Waals surface area (Å²) in [7, 11) is -2.41. The minimum atomic E-state index is -3.65. The van der Waals surface area contributed by atoms with Gasteiger partial charge < -0.3 is 14.5 Å². The van der Waals surface area contributed by atoms with Crippen molar-refractivity contribution in [1.29, 1.82) is 0 Å². The van der Waals surface area contributed by atoms with Gasteiger partial charge in [0.25, 0.3) is 0 Å². The predicted octanol–water partition coefficient (Wildman–Crippen LogP) is 2.64. The number of ketones is 1. The Kier molecular flexibility index (Phi) is 6.63. The van der Waals surface area contributed by atoms with Crippen LogP contribution in [0.3, 0.4) is 0 Å². The van der Waals surface area contributed by atoms with E-state index in [0.717, 1.165) is 0 Å². The Morgan fingerprint density at radius 2 is 1.72 bits per heavy atom. The standard InChI is InChI=1S/C20H23NO7S/c1-6-29(25,26)15-10-8-7-9-14(15)19(23)28-13(4)18(22)17-11(2)16(12(3)21-17)20(24)27-5/h7-10,13,21H,6H2,1-5H3/t13-/m0/s1. The monoisotopic (exact) mass is 421 g/mol. The average Bonchev–Trinajstić information content (AvgIpc) is 3.00. The number of esters is 2. The molecule has 0 bridgehead atoms. The van der Waals surface area contributed by atoms with Crippen molar-refractivity contribution in [2.24, 2.45) is 0 Å². The lowest BCUT2D eigenvalue weighted by atomic mass is 10.1. The summed E-state index contributed by atoms with van der Waals surface area (Å²) in [5.41, 5.74) is 1.07. The molecule has 0 fully saturated rings. The number of aryl methyl sites for hydroxylation is 1. The van der Waals surface area contributed by atoms with Crippen LogP contribution in [0.25, 0.3) is 0 Å². The first-order valence-electron chi connectivity index (χ1n) is 8.89. The number of hydrogen-bond acceptors (Lipinski definition) is 7. The summed E-state index contributed by atoms with van der Waals surface area (Å²) < 4.78 is 34.4. The molecule has 2 rings (SSSR count). The minimum absolute atomic E-state index is 0.123. The maximum atomic E-state index is 12.8. The summed E-state index contributed by atoms with van der Waals surface area (Å²) in [6.45, 7) is 6.06. The Bertz CT molecular complexity index is 1070. The Labute approximate surface area is 169 Å².